The maximum Gasteiger partial charge on any atom is 0.225 e. The first-order valence-corrected chi connectivity index (χ1v) is 10.1. The van der Waals surface area contributed by atoms with Crippen molar-refractivity contribution in [3.05, 3.63) is 90.0 Å². The molecule has 150 valence electrons. The van der Waals surface area contributed by atoms with Gasteiger partial charge in [0.2, 0.25) is 5.91 Å². The smallest absolute Gasteiger partial charge is 0.225 e. The van der Waals surface area contributed by atoms with Gasteiger partial charge in [-0.3, -0.25) is 4.79 Å². The average molecular weight is 391 g/mol. The van der Waals surface area contributed by atoms with E-state index in [1.165, 1.54) is 17.7 Å². The molecule has 2 aromatic carbocycles. The number of piperazine rings is 1. The van der Waals surface area contributed by atoms with Gasteiger partial charge in [-0.15, -0.1) is 0 Å². The van der Waals surface area contributed by atoms with Gasteiger partial charge in [0, 0.05) is 44.3 Å². The molecule has 1 fully saturated rings. The molecule has 29 heavy (non-hydrogen) atoms. The van der Waals surface area contributed by atoms with Crippen LogP contribution in [0.25, 0.3) is 0 Å². The van der Waals surface area contributed by atoms with Gasteiger partial charge in [-0.05, 0) is 48.9 Å². The number of aryl methyl sites for hydroxylation is 1. The molecule has 1 atom stereocenters. The second-order valence-corrected chi connectivity index (χ2v) is 7.61. The molecule has 2 heterocycles. The fourth-order valence-electron chi connectivity index (χ4n) is 3.90. The highest BCUT2D eigenvalue weighted by Crippen LogP contribution is 2.25. The summed E-state index contributed by atoms with van der Waals surface area (Å²) in [5.74, 6) is -0.0576. The van der Waals surface area contributed by atoms with Crippen molar-refractivity contribution in [3.63, 3.8) is 0 Å². The molecule has 0 unspecified atom stereocenters. The largest absolute Gasteiger partial charge is 0.368 e. The number of carbonyl (C=O) groups is 1. The van der Waals surface area contributed by atoms with Crippen molar-refractivity contribution in [2.75, 3.05) is 31.1 Å². The number of hydrogen-bond acceptors (Lipinski definition) is 2. The topological polar surface area (TPSA) is 28.5 Å². The lowest BCUT2D eigenvalue weighted by Crippen LogP contribution is -2.49. The number of anilines is 1. The van der Waals surface area contributed by atoms with Gasteiger partial charge in [-0.25, -0.2) is 4.39 Å². The molecule has 0 N–H and O–H groups in total. The van der Waals surface area contributed by atoms with Gasteiger partial charge in [0.15, 0.2) is 0 Å². The Morgan fingerprint density at radius 1 is 0.931 bits per heavy atom. The Labute approximate surface area is 171 Å². The zero-order valence-corrected chi connectivity index (χ0v) is 16.7. The monoisotopic (exact) mass is 391 g/mol. The Hall–Kier alpha value is -3.08. The van der Waals surface area contributed by atoms with E-state index in [2.05, 4.69) is 40.7 Å². The summed E-state index contributed by atoms with van der Waals surface area (Å²) in [5, 5.41) is 0. The van der Waals surface area contributed by atoms with E-state index in [-0.39, 0.29) is 17.8 Å². The molecule has 1 amide bonds. The molecule has 4 rings (SSSR count). The summed E-state index contributed by atoms with van der Waals surface area (Å²) in [7, 11) is 0. The molecule has 0 aliphatic carbocycles. The molecule has 1 aliphatic heterocycles. The van der Waals surface area contributed by atoms with Crippen LogP contribution in [-0.2, 0) is 4.79 Å². The van der Waals surface area contributed by atoms with E-state index in [0.29, 0.717) is 19.5 Å². The zero-order valence-electron chi connectivity index (χ0n) is 16.7. The van der Waals surface area contributed by atoms with Gasteiger partial charge < -0.3 is 14.4 Å². The van der Waals surface area contributed by atoms with Crippen molar-refractivity contribution in [1.82, 2.24) is 9.47 Å². The van der Waals surface area contributed by atoms with Crippen LogP contribution in [0.3, 0.4) is 0 Å². The third kappa shape index (κ3) is 4.50. The van der Waals surface area contributed by atoms with Gasteiger partial charge in [0.25, 0.3) is 0 Å². The first kappa shape index (κ1) is 19.2. The first-order valence-electron chi connectivity index (χ1n) is 10.1. The number of halogens is 1. The van der Waals surface area contributed by atoms with Crippen LogP contribution >= 0.6 is 0 Å². The third-order valence-electron chi connectivity index (χ3n) is 5.64. The van der Waals surface area contributed by atoms with E-state index in [0.717, 1.165) is 24.3 Å². The number of rotatable bonds is 5. The summed E-state index contributed by atoms with van der Waals surface area (Å²) in [6.07, 6.45) is 4.48. The Bertz CT molecular complexity index is 927. The summed E-state index contributed by atoms with van der Waals surface area (Å²) in [6.45, 7) is 4.96. The Balaban J connectivity index is 1.42. The van der Waals surface area contributed by atoms with Gasteiger partial charge in [0.05, 0.1) is 12.5 Å². The second-order valence-electron chi connectivity index (χ2n) is 7.61. The molecule has 3 aromatic rings. The maximum atomic E-state index is 13.1. The van der Waals surface area contributed by atoms with E-state index >= 15 is 0 Å². The summed E-state index contributed by atoms with van der Waals surface area (Å²) in [5.41, 5.74) is 3.36. The van der Waals surface area contributed by atoms with E-state index in [9.17, 15) is 9.18 Å². The molecule has 0 saturated carbocycles. The molecular weight excluding hydrogens is 365 g/mol. The summed E-state index contributed by atoms with van der Waals surface area (Å²) >= 11 is 0. The van der Waals surface area contributed by atoms with E-state index in [1.807, 2.05) is 29.4 Å². The number of nitrogens with zero attached hydrogens (tertiary/aromatic N) is 3. The highest BCUT2D eigenvalue weighted by Gasteiger charge is 2.25. The van der Waals surface area contributed by atoms with Crippen LogP contribution in [0.15, 0.2) is 73.1 Å². The number of carbonyl (C=O) groups excluding carboxylic acids is 1. The minimum Gasteiger partial charge on any atom is -0.368 e. The molecule has 0 radical (unpaired) electrons. The molecule has 0 bridgehead atoms. The Morgan fingerprint density at radius 3 is 2.17 bits per heavy atom. The number of benzene rings is 2. The quantitative estimate of drug-likeness (QED) is 0.650. The highest BCUT2D eigenvalue weighted by atomic mass is 19.1. The minimum absolute atomic E-state index is 0.00627. The average Bonchev–Trinajstić information content (AvgIpc) is 3.28. The van der Waals surface area contributed by atoms with Crippen LogP contribution in [0.1, 0.15) is 23.6 Å². The lowest BCUT2D eigenvalue weighted by Gasteiger charge is -2.36. The number of amides is 1. The zero-order chi connectivity index (χ0) is 20.2. The molecule has 4 nitrogen and oxygen atoms in total. The van der Waals surface area contributed by atoms with Crippen molar-refractivity contribution < 1.29 is 9.18 Å². The number of aromatic nitrogens is 1. The summed E-state index contributed by atoms with van der Waals surface area (Å²) < 4.78 is 15.3. The van der Waals surface area contributed by atoms with Crippen molar-refractivity contribution >= 4 is 11.6 Å². The SMILES string of the molecule is Cc1ccc([C@H](CC(=O)N2CCN(c3ccc(F)cc3)CC2)n2cccc2)cc1. The van der Waals surface area contributed by atoms with Crippen LogP contribution in [0.2, 0.25) is 0 Å². The third-order valence-corrected chi connectivity index (χ3v) is 5.64. The van der Waals surface area contributed by atoms with Crippen molar-refractivity contribution in [2.24, 2.45) is 0 Å². The summed E-state index contributed by atoms with van der Waals surface area (Å²) in [6, 6.07) is 19.0. The standard InChI is InChI=1S/C24H26FN3O/c1-19-4-6-20(7-5-19)23(27-12-2-3-13-27)18-24(29)28-16-14-26(15-17-28)22-10-8-21(25)9-11-22/h2-13,23H,14-18H2,1H3/t23-/m0/s1. The molecule has 0 spiro atoms. The molecule has 1 aliphatic rings. The predicted octanol–water partition coefficient (Wildman–Crippen LogP) is 4.26. The van der Waals surface area contributed by atoms with Gasteiger partial charge >= 0.3 is 0 Å². The highest BCUT2D eigenvalue weighted by molar-refractivity contribution is 5.77. The van der Waals surface area contributed by atoms with Crippen LogP contribution < -0.4 is 4.90 Å². The maximum absolute atomic E-state index is 13.1. The van der Waals surface area contributed by atoms with Crippen molar-refractivity contribution in [2.45, 2.75) is 19.4 Å². The normalized spacial score (nSPS) is 15.4. The molecule has 5 heteroatoms. The van der Waals surface area contributed by atoms with Gasteiger partial charge in [-0.1, -0.05) is 29.8 Å². The van der Waals surface area contributed by atoms with Crippen LogP contribution in [0.5, 0.6) is 0 Å². The van der Waals surface area contributed by atoms with Crippen molar-refractivity contribution in [1.29, 1.82) is 0 Å². The van der Waals surface area contributed by atoms with E-state index in [4.69, 9.17) is 0 Å². The number of hydrogen-bond donors (Lipinski definition) is 0. The Morgan fingerprint density at radius 2 is 1.55 bits per heavy atom. The van der Waals surface area contributed by atoms with Crippen LogP contribution in [-0.4, -0.2) is 41.6 Å². The molecule has 1 saturated heterocycles. The lowest BCUT2D eigenvalue weighted by atomic mass is 10.0. The minimum atomic E-state index is -0.227. The van der Waals surface area contributed by atoms with Crippen LogP contribution in [0, 0.1) is 12.7 Å². The Kier molecular flexibility index (Phi) is 5.65. The van der Waals surface area contributed by atoms with E-state index < -0.39 is 0 Å². The van der Waals surface area contributed by atoms with Gasteiger partial charge in [0.1, 0.15) is 5.82 Å². The molecule has 1 aromatic heterocycles. The second kappa shape index (κ2) is 8.52. The van der Waals surface area contributed by atoms with E-state index in [1.54, 1.807) is 12.1 Å². The fourth-order valence-corrected chi connectivity index (χ4v) is 3.90. The predicted molar refractivity (Wildman–Crippen MR) is 114 cm³/mol. The first-order chi connectivity index (χ1) is 14.1. The van der Waals surface area contributed by atoms with Crippen LogP contribution in [0.4, 0.5) is 10.1 Å². The lowest BCUT2D eigenvalue weighted by molar-refractivity contribution is -0.132. The molecular formula is C24H26FN3O. The summed E-state index contributed by atoms with van der Waals surface area (Å²) in [4.78, 5) is 17.2. The van der Waals surface area contributed by atoms with Crippen molar-refractivity contribution in [3.8, 4) is 0 Å². The fraction of sp³-hybridized carbons (Fsp3) is 0.292. The van der Waals surface area contributed by atoms with Gasteiger partial charge in [-0.2, -0.15) is 0 Å².